The number of aromatic nitrogens is 3. The van der Waals surface area contributed by atoms with E-state index in [-0.39, 0.29) is 0 Å². The SMILES string of the molecule is COS(=O)(=O)[O-].Cc1cc(-c2ccccc2)n[n+](=O)n1C. The van der Waals surface area contributed by atoms with Crippen molar-refractivity contribution in [2.45, 2.75) is 6.92 Å². The third-order valence-electron chi connectivity index (χ3n) is 2.58. The van der Waals surface area contributed by atoms with Crippen LogP contribution < -0.4 is 4.66 Å². The van der Waals surface area contributed by atoms with E-state index in [1.54, 1.807) is 7.05 Å². The highest BCUT2D eigenvalue weighted by molar-refractivity contribution is 7.80. The molecule has 2 rings (SSSR count). The fourth-order valence-corrected chi connectivity index (χ4v) is 1.36. The normalized spacial score (nSPS) is 10.7. The van der Waals surface area contributed by atoms with Crippen molar-refractivity contribution in [2.75, 3.05) is 7.11 Å². The molecule has 0 spiro atoms. The van der Waals surface area contributed by atoms with E-state index >= 15 is 0 Å². The Morgan fingerprint density at radius 3 is 2.24 bits per heavy atom. The van der Waals surface area contributed by atoms with E-state index in [4.69, 9.17) is 0 Å². The van der Waals surface area contributed by atoms with Crippen LogP contribution in [0.5, 0.6) is 0 Å². The first-order valence-electron chi connectivity index (χ1n) is 5.79. The lowest BCUT2D eigenvalue weighted by Gasteiger charge is -1.98. The van der Waals surface area contributed by atoms with Gasteiger partial charge < -0.3 is 4.55 Å². The van der Waals surface area contributed by atoms with Gasteiger partial charge in [0.2, 0.25) is 10.4 Å². The van der Waals surface area contributed by atoms with Gasteiger partial charge in [-0.2, -0.15) is 0 Å². The highest BCUT2D eigenvalue weighted by atomic mass is 32.3. The van der Waals surface area contributed by atoms with Crippen LogP contribution in [0.2, 0.25) is 0 Å². The zero-order valence-electron chi connectivity index (χ0n) is 11.8. The molecule has 0 atom stereocenters. The Bertz CT molecular complexity index is 756. The maximum atomic E-state index is 11.4. The quantitative estimate of drug-likeness (QED) is 0.451. The molecule has 21 heavy (non-hydrogen) atoms. The maximum Gasteiger partial charge on any atom is 0.285 e. The predicted molar refractivity (Wildman–Crippen MR) is 73.5 cm³/mol. The zero-order valence-corrected chi connectivity index (χ0v) is 12.6. The van der Waals surface area contributed by atoms with Crippen LogP contribution in [0.25, 0.3) is 11.3 Å². The highest BCUT2D eigenvalue weighted by Gasteiger charge is 2.09. The van der Waals surface area contributed by atoms with Crippen molar-refractivity contribution >= 4 is 10.4 Å². The highest BCUT2D eigenvalue weighted by Crippen LogP contribution is 2.14. The molecule has 1 heterocycles. The summed E-state index contributed by atoms with van der Waals surface area (Å²) < 4.78 is 33.1. The van der Waals surface area contributed by atoms with Gasteiger partial charge in [0.25, 0.3) is 4.66 Å². The molecule has 8 nitrogen and oxygen atoms in total. The first-order valence-corrected chi connectivity index (χ1v) is 7.12. The van der Waals surface area contributed by atoms with Gasteiger partial charge in [-0.1, -0.05) is 35.0 Å². The number of aryl methyl sites for hydroxylation is 1. The summed E-state index contributed by atoms with van der Waals surface area (Å²) in [6.45, 7) is 1.88. The van der Waals surface area contributed by atoms with Crippen molar-refractivity contribution in [3.63, 3.8) is 0 Å². The van der Waals surface area contributed by atoms with Gasteiger partial charge in [-0.25, -0.2) is 8.42 Å². The number of hydrogen-bond donors (Lipinski definition) is 0. The molecule has 1 aromatic heterocycles. The van der Waals surface area contributed by atoms with Crippen molar-refractivity contribution < 1.29 is 21.8 Å². The lowest BCUT2D eigenvalue weighted by atomic mass is 10.1. The second-order valence-electron chi connectivity index (χ2n) is 3.99. The molecule has 0 aliphatic rings. The molecule has 1 aromatic carbocycles. The minimum absolute atomic E-state index is 0.595. The average Bonchev–Trinajstić information content (AvgIpc) is 2.45. The number of nitrogens with zero attached hydrogens (tertiary/aromatic N) is 3. The Morgan fingerprint density at radius 1 is 1.29 bits per heavy atom. The van der Waals surface area contributed by atoms with Crippen molar-refractivity contribution in [1.29, 1.82) is 0 Å². The molecule has 0 amide bonds. The Balaban J connectivity index is 0.000000315. The standard InChI is InChI=1S/C11H12N3O.CH4O4S/c1-9-8-11(12-14(15)13(9)2)10-6-4-3-5-7-10;1-5-6(2,3)4/h3-8H,1-2H3;1H3,(H,2,3,4)/q+1;/p-1. The van der Waals surface area contributed by atoms with Gasteiger partial charge in [-0.05, 0) is 13.0 Å². The maximum absolute atomic E-state index is 11.4. The Morgan fingerprint density at radius 2 is 1.81 bits per heavy atom. The van der Waals surface area contributed by atoms with Crippen LogP contribution in [0.1, 0.15) is 5.69 Å². The summed E-state index contributed by atoms with van der Waals surface area (Å²) in [5.41, 5.74) is 2.52. The van der Waals surface area contributed by atoms with E-state index in [1.165, 1.54) is 4.68 Å². The Labute approximate surface area is 122 Å². The van der Waals surface area contributed by atoms with Crippen LogP contribution in [0, 0.1) is 11.8 Å². The van der Waals surface area contributed by atoms with Crippen LogP contribution >= 0.6 is 0 Å². The van der Waals surface area contributed by atoms with Gasteiger partial charge >= 0.3 is 0 Å². The smallest absolute Gasteiger partial charge is 0.285 e. The van der Waals surface area contributed by atoms with Crippen molar-refractivity contribution in [3.8, 4) is 11.3 Å². The lowest BCUT2D eigenvalue weighted by Crippen LogP contribution is -2.34. The van der Waals surface area contributed by atoms with Crippen LogP contribution in [0.3, 0.4) is 0 Å². The average molecular weight is 313 g/mol. The molecule has 114 valence electrons. The van der Waals surface area contributed by atoms with E-state index in [9.17, 15) is 17.9 Å². The summed E-state index contributed by atoms with van der Waals surface area (Å²) in [7, 11) is -1.92. The molecule has 0 N–H and O–H groups in total. The van der Waals surface area contributed by atoms with E-state index < -0.39 is 10.4 Å². The summed E-state index contributed by atoms with van der Waals surface area (Å²) in [6.07, 6.45) is 0. The third kappa shape index (κ3) is 5.42. The fourth-order valence-electron chi connectivity index (χ4n) is 1.36. The first kappa shape index (κ1) is 17.0. The van der Waals surface area contributed by atoms with Crippen molar-refractivity contribution in [1.82, 2.24) is 9.78 Å². The molecule has 0 saturated heterocycles. The number of benzene rings is 1. The molecule has 0 aliphatic heterocycles. The van der Waals surface area contributed by atoms with E-state index in [1.807, 2.05) is 43.3 Å². The predicted octanol–water partition coefficient (Wildman–Crippen LogP) is 0.403. The molecular weight excluding hydrogens is 298 g/mol. The summed E-state index contributed by atoms with van der Waals surface area (Å²) in [4.78, 5) is 11.4. The largest absolute Gasteiger partial charge is 0.726 e. The van der Waals surface area contributed by atoms with Crippen LogP contribution in [0.4, 0.5) is 0 Å². The van der Waals surface area contributed by atoms with Crippen LogP contribution in [-0.2, 0) is 21.6 Å². The first-order chi connectivity index (χ1) is 9.74. The number of hydrogen-bond acceptors (Lipinski definition) is 6. The second-order valence-corrected chi connectivity index (χ2v) is 5.14. The molecular formula is C12H15N3O5S. The Kier molecular flexibility index (Phi) is 5.70. The summed E-state index contributed by atoms with van der Waals surface area (Å²) >= 11 is 0. The molecule has 0 bridgehead atoms. The van der Waals surface area contributed by atoms with E-state index in [0.717, 1.165) is 18.4 Å². The summed E-state index contributed by atoms with van der Waals surface area (Å²) in [6, 6.07) is 11.5. The topological polar surface area (TPSA) is 107 Å². The summed E-state index contributed by atoms with van der Waals surface area (Å²) in [5.74, 6) is 0. The van der Waals surface area contributed by atoms with Crippen molar-refractivity contribution in [3.05, 3.63) is 47.0 Å². The minimum Gasteiger partial charge on any atom is -0.726 e. The zero-order chi connectivity index (χ0) is 16.0. The monoisotopic (exact) mass is 313 g/mol. The van der Waals surface area contributed by atoms with E-state index in [2.05, 4.69) is 9.28 Å². The molecule has 0 saturated carbocycles. The molecule has 0 aliphatic carbocycles. The van der Waals surface area contributed by atoms with Crippen LogP contribution in [-0.4, -0.2) is 29.9 Å². The van der Waals surface area contributed by atoms with Gasteiger partial charge in [0.05, 0.1) is 29.9 Å². The third-order valence-corrected chi connectivity index (χ3v) is 2.99. The molecule has 2 aromatic rings. The van der Waals surface area contributed by atoms with E-state index in [0.29, 0.717) is 10.4 Å². The Hall–Kier alpha value is -2.10. The fraction of sp³-hybridized carbons (Fsp3) is 0.250. The lowest BCUT2D eigenvalue weighted by molar-refractivity contribution is -0.656. The molecule has 9 heteroatoms. The van der Waals surface area contributed by atoms with Crippen LogP contribution in [0.15, 0.2) is 36.4 Å². The molecule has 0 radical (unpaired) electrons. The number of rotatable bonds is 2. The molecule has 0 fully saturated rings. The van der Waals surface area contributed by atoms with Gasteiger partial charge in [0.15, 0.2) is 0 Å². The molecule has 0 unspecified atom stereocenters. The van der Waals surface area contributed by atoms with Gasteiger partial charge in [0.1, 0.15) is 5.69 Å². The minimum atomic E-state index is -4.41. The van der Waals surface area contributed by atoms with Gasteiger partial charge in [-0.3, -0.25) is 4.18 Å². The second kappa shape index (κ2) is 7.07. The van der Waals surface area contributed by atoms with Crippen molar-refractivity contribution in [2.24, 2.45) is 7.05 Å². The summed E-state index contributed by atoms with van der Waals surface area (Å²) in [5, 5.41) is 3.93. The van der Waals surface area contributed by atoms with Gasteiger partial charge in [-0.15, -0.1) is 0 Å². The van der Waals surface area contributed by atoms with Gasteiger partial charge in [0, 0.05) is 5.56 Å².